The van der Waals surface area contributed by atoms with E-state index in [2.05, 4.69) is 139 Å². The van der Waals surface area contributed by atoms with E-state index < -0.39 is 11.2 Å². The molecule has 4 aliphatic carbocycles. The van der Waals surface area contributed by atoms with Crippen LogP contribution in [0.1, 0.15) is 142 Å². The van der Waals surface area contributed by atoms with E-state index in [1.165, 1.54) is 55.9 Å². The number of benzene rings is 4. The van der Waals surface area contributed by atoms with E-state index in [-0.39, 0.29) is 29.3 Å². The molecule has 8 atom stereocenters. The summed E-state index contributed by atoms with van der Waals surface area (Å²) in [5.74, 6) is 5.87. The van der Waals surface area contributed by atoms with E-state index in [4.69, 9.17) is 23.7 Å². The van der Waals surface area contributed by atoms with Gasteiger partial charge in [0.1, 0.15) is 28.7 Å². The molecule has 79 heavy (non-hydrogen) atoms. The predicted octanol–water partition coefficient (Wildman–Crippen LogP) is 15.8. The number of methoxy groups -OCH3 is 4. The summed E-state index contributed by atoms with van der Waals surface area (Å²) in [4.78, 5) is 0. The standard InChI is InChI=1S/C23H36O3.C15H28O2.C8H9BrO.2C8H9IO.C4H12N2/c1-16-12-17(25-6)14-18(13-16)26-15-20-22(4)10-7-9-21(2,3)19(22)8-11-23(20,5)24;1-13(2)7-5-8-14(3)11(13)6-9-15(4,17)12(14)10-16;3*1-6-3-7(9)5-8(4-6)10-2;1-5-3-4-6-2/h12-14,19-20,24H,7-11,15H2,1-6H3;11-12,16-17H,5-10H2,1-4H3;3*3-5H,1-2H3;5-6H,3-4H2,1-2H3/t19-,20+,22-,23+;11-,12+,14-,15+;;;;/m00..../s1. The number of hydrogen-bond donors (Lipinski definition) is 5. The van der Waals surface area contributed by atoms with Crippen molar-refractivity contribution in [2.45, 2.75) is 158 Å². The monoisotopic (exact) mass is 1380 g/mol. The van der Waals surface area contributed by atoms with Gasteiger partial charge in [-0.1, -0.05) is 70.3 Å². The number of fused-ring (bicyclic) bond motifs is 2. The summed E-state index contributed by atoms with van der Waals surface area (Å²) in [6.45, 7) is 29.2. The SMILES string of the molecule is CC1(C)CCC[C@]2(C)[C@@H](CO)[C@](C)(O)CC[C@@H]12.CNCCNC.COc1cc(C)cc(Br)c1.COc1cc(C)cc(I)c1.COc1cc(C)cc(I)c1.COc1cc(C)cc(OC[C@@H]2[C@@]3(C)CCCC(C)(C)[C@@H]3CC[C@@]2(C)O)c1. The number of likely N-dealkylation sites (N-methyl/N-ethyl adjacent to an activating group) is 2. The van der Waals surface area contributed by atoms with Gasteiger partial charge in [0.2, 0.25) is 0 Å². The van der Waals surface area contributed by atoms with E-state index in [9.17, 15) is 15.3 Å². The van der Waals surface area contributed by atoms with Crippen molar-refractivity contribution >= 4 is 61.1 Å². The molecule has 0 aromatic heterocycles. The van der Waals surface area contributed by atoms with Gasteiger partial charge >= 0.3 is 0 Å². The summed E-state index contributed by atoms with van der Waals surface area (Å²) < 4.78 is 30.3. The molecule has 0 amide bonds. The fourth-order valence-electron chi connectivity index (χ4n) is 13.8. The van der Waals surface area contributed by atoms with Gasteiger partial charge in [-0.25, -0.2) is 0 Å². The minimum absolute atomic E-state index is 0.0355. The lowest BCUT2D eigenvalue weighted by atomic mass is 9.46. The average molecular weight is 1390 g/mol. The Morgan fingerprint density at radius 1 is 0.494 bits per heavy atom. The van der Waals surface area contributed by atoms with Crippen molar-refractivity contribution in [1.82, 2.24) is 10.6 Å². The van der Waals surface area contributed by atoms with Crippen LogP contribution in [0.4, 0.5) is 0 Å². The van der Waals surface area contributed by atoms with Gasteiger partial charge in [0.25, 0.3) is 0 Å². The lowest BCUT2D eigenvalue weighted by Gasteiger charge is -2.60. The van der Waals surface area contributed by atoms with Crippen LogP contribution < -0.4 is 34.3 Å². The highest BCUT2D eigenvalue weighted by atomic mass is 127. The van der Waals surface area contributed by atoms with Crippen LogP contribution in [0.25, 0.3) is 0 Å². The Bertz CT molecular complexity index is 2270. The predicted molar refractivity (Wildman–Crippen MR) is 350 cm³/mol. The minimum Gasteiger partial charge on any atom is -0.497 e. The van der Waals surface area contributed by atoms with Crippen LogP contribution in [0.2, 0.25) is 0 Å². The van der Waals surface area contributed by atoms with Crippen molar-refractivity contribution in [3.8, 4) is 28.7 Å². The Morgan fingerprint density at radius 3 is 1.23 bits per heavy atom. The fourth-order valence-corrected chi connectivity index (χ4v) is 16.0. The van der Waals surface area contributed by atoms with Gasteiger partial charge in [0.05, 0.1) is 46.2 Å². The first-order valence-electron chi connectivity index (χ1n) is 28.5. The maximum absolute atomic E-state index is 11.2. The topological polar surface area (TPSA) is 131 Å². The first-order valence-corrected chi connectivity index (χ1v) is 31.4. The second kappa shape index (κ2) is 32.0. The molecule has 446 valence electrons. The molecule has 13 heteroatoms. The first kappa shape index (κ1) is 70.9. The average Bonchev–Trinajstić information content (AvgIpc) is 3.56. The normalized spacial score (nSPS) is 26.9. The third-order valence-corrected chi connectivity index (χ3v) is 19.5. The van der Waals surface area contributed by atoms with Crippen LogP contribution >= 0.6 is 61.1 Å². The molecule has 0 aliphatic heterocycles. The van der Waals surface area contributed by atoms with Crippen LogP contribution in [-0.2, 0) is 0 Å². The Balaban J connectivity index is 0.000000268. The fraction of sp³-hybridized carbons (Fsp3) is 0.636. The van der Waals surface area contributed by atoms with Crippen LogP contribution in [0, 0.1) is 80.2 Å². The smallest absolute Gasteiger partial charge is 0.123 e. The van der Waals surface area contributed by atoms with Crippen molar-refractivity contribution in [1.29, 1.82) is 0 Å². The van der Waals surface area contributed by atoms with Crippen LogP contribution in [0.5, 0.6) is 28.7 Å². The van der Waals surface area contributed by atoms with E-state index in [0.717, 1.165) is 84.0 Å². The number of halogens is 3. The maximum atomic E-state index is 11.2. The number of ether oxygens (including phenoxy) is 5. The molecule has 4 aliphatic rings. The third-order valence-electron chi connectivity index (χ3n) is 17.8. The second-order valence-corrected chi connectivity index (χ2v) is 28.5. The second-order valence-electron chi connectivity index (χ2n) is 25.1. The molecule has 0 unspecified atom stereocenters. The quantitative estimate of drug-likeness (QED) is 0.0731. The molecule has 0 heterocycles. The van der Waals surface area contributed by atoms with Crippen molar-refractivity contribution < 1.29 is 39.0 Å². The van der Waals surface area contributed by atoms with E-state index in [0.29, 0.717) is 29.3 Å². The van der Waals surface area contributed by atoms with Gasteiger partial charge in [-0.15, -0.1) is 0 Å². The molecule has 5 N–H and O–H groups in total. The lowest BCUT2D eigenvalue weighted by molar-refractivity contribution is -0.178. The summed E-state index contributed by atoms with van der Waals surface area (Å²) in [5, 5.41) is 37.5. The number of rotatable bonds is 11. The van der Waals surface area contributed by atoms with Gasteiger partial charge in [-0.05, 0) is 275 Å². The maximum Gasteiger partial charge on any atom is 0.123 e. The molecule has 0 bridgehead atoms. The summed E-state index contributed by atoms with van der Waals surface area (Å²) >= 11 is 7.92. The third kappa shape index (κ3) is 21.0. The molecule has 0 saturated heterocycles. The van der Waals surface area contributed by atoms with Crippen molar-refractivity contribution in [3.05, 3.63) is 107 Å². The van der Waals surface area contributed by atoms with E-state index in [1.807, 2.05) is 102 Å². The molecule has 4 saturated carbocycles. The van der Waals surface area contributed by atoms with Crippen LogP contribution in [-0.4, -0.2) is 95.4 Å². The number of aryl methyl sites for hydroxylation is 4. The zero-order chi connectivity index (χ0) is 59.6. The van der Waals surface area contributed by atoms with Gasteiger partial charge < -0.3 is 49.6 Å². The van der Waals surface area contributed by atoms with Gasteiger partial charge in [0.15, 0.2) is 0 Å². The minimum atomic E-state index is -0.687. The molecule has 0 spiro atoms. The Labute approximate surface area is 514 Å². The van der Waals surface area contributed by atoms with Crippen LogP contribution in [0.15, 0.2) is 77.3 Å². The molecular formula is C66H103BrI2N2O8. The van der Waals surface area contributed by atoms with Crippen molar-refractivity contribution in [3.63, 3.8) is 0 Å². The zero-order valence-electron chi connectivity index (χ0n) is 51.7. The largest absolute Gasteiger partial charge is 0.497 e. The molecule has 4 aromatic carbocycles. The lowest BCUT2D eigenvalue weighted by Crippen LogP contribution is -2.59. The highest BCUT2D eigenvalue weighted by Gasteiger charge is 2.59. The van der Waals surface area contributed by atoms with E-state index >= 15 is 0 Å². The van der Waals surface area contributed by atoms with Crippen molar-refractivity contribution in [2.75, 3.05) is 68.8 Å². The molecule has 10 nitrogen and oxygen atoms in total. The zero-order valence-corrected chi connectivity index (χ0v) is 57.6. The number of nitrogens with one attached hydrogen (secondary N) is 2. The van der Waals surface area contributed by atoms with Gasteiger partial charge in [-0.3, -0.25) is 0 Å². The number of aliphatic hydroxyl groups is 3. The Morgan fingerprint density at radius 2 is 0.848 bits per heavy atom. The summed E-state index contributed by atoms with van der Waals surface area (Å²) in [6.07, 6.45) is 11.3. The molecule has 4 fully saturated rings. The molecule has 8 rings (SSSR count). The highest BCUT2D eigenvalue weighted by molar-refractivity contribution is 14.1. The Hall–Kier alpha value is -2.38. The summed E-state index contributed by atoms with van der Waals surface area (Å²) in [7, 11) is 10.6. The summed E-state index contributed by atoms with van der Waals surface area (Å²) in [6, 6.07) is 24.2. The van der Waals surface area contributed by atoms with Gasteiger partial charge in [0, 0.05) is 49.2 Å². The van der Waals surface area contributed by atoms with Crippen molar-refractivity contribution in [2.24, 2.45) is 45.3 Å². The first-order chi connectivity index (χ1) is 36.9. The highest BCUT2D eigenvalue weighted by Crippen LogP contribution is 2.63. The van der Waals surface area contributed by atoms with Crippen LogP contribution in [0.3, 0.4) is 0 Å². The van der Waals surface area contributed by atoms with E-state index in [1.54, 1.807) is 28.4 Å². The van der Waals surface area contributed by atoms with Gasteiger partial charge in [-0.2, -0.15) is 0 Å². The number of hydrogen-bond acceptors (Lipinski definition) is 10. The summed E-state index contributed by atoms with van der Waals surface area (Å²) in [5.41, 5.74) is 4.37. The Kier molecular flexibility index (Phi) is 28.8. The molecular weight excluding hydrogens is 1280 g/mol. The molecule has 0 radical (unpaired) electrons. The molecule has 4 aromatic rings. The number of aliphatic hydroxyl groups excluding tert-OH is 1.